The minimum Gasteiger partial charge on any atom is -0.450 e. The van der Waals surface area contributed by atoms with Crippen molar-refractivity contribution in [2.45, 2.75) is 53.5 Å². The van der Waals surface area contributed by atoms with Gasteiger partial charge >= 0.3 is 6.09 Å². The Bertz CT molecular complexity index is 192. The van der Waals surface area contributed by atoms with E-state index in [0.717, 1.165) is 6.42 Å². The normalized spacial score (nSPS) is 12.4. The van der Waals surface area contributed by atoms with Crippen LogP contribution in [-0.2, 0) is 4.74 Å². The molecule has 0 spiro atoms. The first kappa shape index (κ1) is 13.3. The molecule has 1 N–H and O–H groups in total. The van der Waals surface area contributed by atoms with Crippen molar-refractivity contribution >= 4 is 6.09 Å². The number of hydrogen-bond donors (Lipinski definition) is 1. The second-order valence-corrected chi connectivity index (χ2v) is 5.47. The molecule has 0 aromatic heterocycles. The van der Waals surface area contributed by atoms with E-state index in [2.05, 4.69) is 26.1 Å². The fourth-order valence-electron chi connectivity index (χ4n) is 1.81. The van der Waals surface area contributed by atoms with Gasteiger partial charge in [-0.25, -0.2) is 4.79 Å². The number of amides is 1. The molecule has 0 aliphatic rings. The molecular weight excluding hydrogens is 178 g/mol. The van der Waals surface area contributed by atoms with Crippen molar-refractivity contribution in [1.29, 1.82) is 0 Å². The van der Waals surface area contributed by atoms with Crippen LogP contribution in [0.2, 0.25) is 0 Å². The van der Waals surface area contributed by atoms with Crippen LogP contribution in [-0.4, -0.2) is 18.2 Å². The molecule has 0 rings (SSSR count). The van der Waals surface area contributed by atoms with E-state index in [1.54, 1.807) is 6.92 Å². The van der Waals surface area contributed by atoms with Crippen molar-refractivity contribution in [2.75, 3.05) is 6.61 Å². The van der Waals surface area contributed by atoms with E-state index in [-0.39, 0.29) is 17.0 Å². The van der Waals surface area contributed by atoms with Crippen LogP contribution in [0, 0.1) is 5.41 Å². The van der Waals surface area contributed by atoms with Gasteiger partial charge in [0.1, 0.15) is 0 Å². The van der Waals surface area contributed by atoms with Gasteiger partial charge in [0.15, 0.2) is 0 Å². The Labute approximate surface area is 87.2 Å². The SMILES string of the molecule is CCOC(=O)NC(C)(C)CC(C)(C)C. The van der Waals surface area contributed by atoms with Gasteiger partial charge in [-0.1, -0.05) is 20.8 Å². The van der Waals surface area contributed by atoms with Crippen LogP contribution < -0.4 is 5.32 Å². The van der Waals surface area contributed by atoms with E-state index in [1.807, 2.05) is 13.8 Å². The van der Waals surface area contributed by atoms with Gasteiger partial charge in [0.2, 0.25) is 0 Å². The number of carbonyl (C=O) groups excluding carboxylic acids is 1. The molecule has 0 bridgehead atoms. The van der Waals surface area contributed by atoms with E-state index in [1.165, 1.54) is 0 Å². The lowest BCUT2D eigenvalue weighted by molar-refractivity contribution is 0.134. The molecular formula is C11H23NO2. The largest absolute Gasteiger partial charge is 0.450 e. The van der Waals surface area contributed by atoms with Crippen molar-refractivity contribution < 1.29 is 9.53 Å². The van der Waals surface area contributed by atoms with Crippen LogP contribution in [0.5, 0.6) is 0 Å². The Kier molecular flexibility index (Phi) is 4.43. The lowest BCUT2D eigenvalue weighted by Crippen LogP contribution is -2.46. The Morgan fingerprint density at radius 3 is 2.07 bits per heavy atom. The molecule has 0 saturated heterocycles. The molecule has 0 heterocycles. The van der Waals surface area contributed by atoms with E-state index in [0.29, 0.717) is 6.61 Å². The van der Waals surface area contributed by atoms with Gasteiger partial charge in [-0.2, -0.15) is 0 Å². The summed E-state index contributed by atoms with van der Waals surface area (Å²) in [6.07, 6.45) is 0.584. The van der Waals surface area contributed by atoms with Crippen molar-refractivity contribution in [3.05, 3.63) is 0 Å². The Morgan fingerprint density at radius 1 is 1.21 bits per heavy atom. The number of alkyl carbamates (subject to hydrolysis) is 1. The summed E-state index contributed by atoms with van der Waals surface area (Å²) in [4.78, 5) is 11.2. The highest BCUT2D eigenvalue weighted by Crippen LogP contribution is 2.26. The predicted molar refractivity (Wildman–Crippen MR) is 58.3 cm³/mol. The summed E-state index contributed by atoms with van der Waals surface area (Å²) in [5.74, 6) is 0. The molecule has 3 nitrogen and oxygen atoms in total. The molecule has 0 aromatic carbocycles. The van der Waals surface area contributed by atoms with Crippen LogP contribution >= 0.6 is 0 Å². The van der Waals surface area contributed by atoms with E-state index in [9.17, 15) is 4.79 Å². The van der Waals surface area contributed by atoms with Crippen LogP contribution in [0.25, 0.3) is 0 Å². The summed E-state index contributed by atoms with van der Waals surface area (Å²) in [5.41, 5.74) is -0.0203. The number of carbonyl (C=O) groups is 1. The molecule has 0 radical (unpaired) electrons. The summed E-state index contributed by atoms with van der Waals surface area (Å²) < 4.78 is 4.84. The quantitative estimate of drug-likeness (QED) is 0.762. The molecule has 14 heavy (non-hydrogen) atoms. The molecule has 0 aliphatic heterocycles. The first-order chi connectivity index (χ1) is 6.16. The first-order valence-electron chi connectivity index (χ1n) is 5.11. The lowest BCUT2D eigenvalue weighted by atomic mass is 9.82. The molecule has 0 aromatic rings. The van der Waals surface area contributed by atoms with Gasteiger partial charge in [-0.3, -0.25) is 0 Å². The molecule has 0 aliphatic carbocycles. The van der Waals surface area contributed by atoms with Gasteiger partial charge < -0.3 is 10.1 Å². The Balaban J connectivity index is 4.13. The van der Waals surface area contributed by atoms with Crippen LogP contribution in [0.3, 0.4) is 0 Å². The lowest BCUT2D eigenvalue weighted by Gasteiger charge is -2.32. The summed E-state index contributed by atoms with van der Waals surface area (Å²) >= 11 is 0. The third kappa shape index (κ3) is 6.75. The zero-order valence-electron chi connectivity index (χ0n) is 10.2. The third-order valence-electron chi connectivity index (χ3n) is 1.69. The fraction of sp³-hybridized carbons (Fsp3) is 0.909. The van der Waals surface area contributed by atoms with Crippen molar-refractivity contribution in [3.63, 3.8) is 0 Å². The van der Waals surface area contributed by atoms with E-state index < -0.39 is 0 Å². The maximum Gasteiger partial charge on any atom is 0.407 e. The smallest absolute Gasteiger partial charge is 0.407 e. The average Bonchev–Trinajstić information content (AvgIpc) is 1.78. The van der Waals surface area contributed by atoms with Crippen molar-refractivity contribution in [3.8, 4) is 0 Å². The minimum atomic E-state index is -0.332. The fourth-order valence-corrected chi connectivity index (χ4v) is 1.81. The monoisotopic (exact) mass is 201 g/mol. The second-order valence-electron chi connectivity index (χ2n) is 5.47. The van der Waals surface area contributed by atoms with Gasteiger partial charge in [-0.05, 0) is 32.6 Å². The highest BCUT2D eigenvalue weighted by molar-refractivity contribution is 5.68. The summed E-state index contributed by atoms with van der Waals surface area (Å²) in [5, 5.41) is 2.85. The summed E-state index contributed by atoms with van der Waals surface area (Å²) in [7, 11) is 0. The Morgan fingerprint density at radius 2 is 1.71 bits per heavy atom. The van der Waals surface area contributed by atoms with Gasteiger partial charge in [0, 0.05) is 5.54 Å². The highest BCUT2D eigenvalue weighted by Gasteiger charge is 2.27. The van der Waals surface area contributed by atoms with Crippen LogP contribution in [0.1, 0.15) is 48.0 Å². The number of rotatable bonds is 3. The first-order valence-corrected chi connectivity index (χ1v) is 5.11. The summed E-state index contributed by atoms with van der Waals surface area (Å²) in [6.45, 7) is 12.7. The molecule has 1 amide bonds. The maximum absolute atomic E-state index is 11.2. The molecule has 3 heteroatoms. The zero-order valence-corrected chi connectivity index (χ0v) is 10.2. The molecule has 0 fully saturated rings. The van der Waals surface area contributed by atoms with E-state index in [4.69, 9.17) is 4.74 Å². The predicted octanol–water partition coefficient (Wildman–Crippen LogP) is 2.95. The molecule has 84 valence electrons. The Hall–Kier alpha value is -0.730. The zero-order chi connectivity index (χ0) is 11.4. The second kappa shape index (κ2) is 4.67. The third-order valence-corrected chi connectivity index (χ3v) is 1.69. The van der Waals surface area contributed by atoms with Crippen LogP contribution in [0.4, 0.5) is 4.79 Å². The standard InChI is InChI=1S/C11H23NO2/c1-7-14-9(13)12-11(5,6)8-10(2,3)4/h7-8H2,1-6H3,(H,12,13). The van der Waals surface area contributed by atoms with Gasteiger partial charge in [-0.15, -0.1) is 0 Å². The van der Waals surface area contributed by atoms with Gasteiger partial charge in [0.25, 0.3) is 0 Å². The molecule has 0 atom stereocenters. The van der Waals surface area contributed by atoms with Crippen LogP contribution in [0.15, 0.2) is 0 Å². The van der Waals surface area contributed by atoms with Crippen molar-refractivity contribution in [1.82, 2.24) is 5.32 Å². The topological polar surface area (TPSA) is 38.3 Å². The molecule has 0 saturated carbocycles. The van der Waals surface area contributed by atoms with Gasteiger partial charge in [0.05, 0.1) is 6.61 Å². The van der Waals surface area contributed by atoms with Crippen molar-refractivity contribution in [2.24, 2.45) is 5.41 Å². The number of hydrogen-bond acceptors (Lipinski definition) is 2. The number of ether oxygens (including phenoxy) is 1. The maximum atomic E-state index is 11.2. The minimum absolute atomic E-state index is 0.197. The highest BCUT2D eigenvalue weighted by atomic mass is 16.5. The summed E-state index contributed by atoms with van der Waals surface area (Å²) in [6, 6.07) is 0. The number of nitrogens with one attached hydrogen (secondary N) is 1. The van der Waals surface area contributed by atoms with E-state index >= 15 is 0 Å². The molecule has 0 unspecified atom stereocenters. The average molecular weight is 201 g/mol.